The minimum atomic E-state index is -4.13. The van der Waals surface area contributed by atoms with Gasteiger partial charge in [-0.25, -0.2) is 16.8 Å². The topological polar surface area (TPSA) is 141 Å². The van der Waals surface area contributed by atoms with Crippen molar-refractivity contribution < 1.29 is 40.3 Å². The molecular weight excluding hydrogens is 560 g/mol. The van der Waals surface area contributed by atoms with Gasteiger partial charge in [-0.3, -0.25) is 9.52 Å². The van der Waals surface area contributed by atoms with Crippen LogP contribution in [0.5, 0.6) is 11.5 Å². The Morgan fingerprint density at radius 1 is 0.850 bits per heavy atom. The summed E-state index contributed by atoms with van der Waals surface area (Å²) in [5.74, 6) is 0.529. The van der Waals surface area contributed by atoms with E-state index in [4.69, 9.17) is 18.6 Å². The molecule has 0 aliphatic heterocycles. The van der Waals surface area contributed by atoms with E-state index in [1.165, 1.54) is 56.7 Å². The van der Waals surface area contributed by atoms with Crippen molar-refractivity contribution in [2.24, 2.45) is 0 Å². The maximum absolute atomic E-state index is 13.4. The minimum absolute atomic E-state index is 0.0380. The highest BCUT2D eigenvalue weighted by atomic mass is 32.2. The average Bonchev–Trinajstić information content (AvgIpc) is 3.34. The second-order valence-corrected chi connectivity index (χ2v) is 12.1. The lowest BCUT2D eigenvalue weighted by Gasteiger charge is -2.20. The fourth-order valence-corrected chi connectivity index (χ4v) is 6.26. The number of anilines is 1. The van der Waals surface area contributed by atoms with Gasteiger partial charge in [0.25, 0.3) is 10.0 Å². The summed E-state index contributed by atoms with van der Waals surface area (Å²) in [6.45, 7) is 0.913. The zero-order valence-corrected chi connectivity index (χ0v) is 23.6. The number of rotatable bonds is 12. The molecule has 0 spiro atoms. The van der Waals surface area contributed by atoms with Crippen LogP contribution in [0.3, 0.4) is 0 Å². The largest absolute Gasteiger partial charge is 0.497 e. The fourth-order valence-electron chi connectivity index (χ4n) is 3.86. The SMILES string of the molecule is CCOC(=O)CN(Cc1cc2cc(NS(=O)(=O)c3ccc(OC)cc3)ccc2o1)S(=O)(=O)c1ccc(OC)cc1. The van der Waals surface area contributed by atoms with Crippen LogP contribution < -0.4 is 14.2 Å². The van der Waals surface area contributed by atoms with Gasteiger partial charge in [-0.1, -0.05) is 0 Å². The van der Waals surface area contributed by atoms with E-state index in [-0.39, 0.29) is 34.4 Å². The van der Waals surface area contributed by atoms with Gasteiger partial charge in [0.1, 0.15) is 29.4 Å². The van der Waals surface area contributed by atoms with Crippen molar-refractivity contribution in [3.8, 4) is 11.5 Å². The van der Waals surface area contributed by atoms with E-state index >= 15 is 0 Å². The lowest BCUT2D eigenvalue weighted by molar-refractivity contribution is -0.143. The third-order valence-electron chi connectivity index (χ3n) is 5.83. The van der Waals surface area contributed by atoms with Crippen LogP contribution in [0.2, 0.25) is 0 Å². The molecular formula is C27H28N2O9S2. The lowest BCUT2D eigenvalue weighted by atomic mass is 10.2. The number of ether oxygens (including phenoxy) is 3. The Morgan fingerprint density at radius 2 is 1.45 bits per heavy atom. The van der Waals surface area contributed by atoms with Crippen molar-refractivity contribution in [2.75, 3.05) is 32.1 Å². The van der Waals surface area contributed by atoms with Crippen molar-refractivity contribution >= 4 is 42.7 Å². The van der Waals surface area contributed by atoms with E-state index < -0.39 is 32.6 Å². The van der Waals surface area contributed by atoms with Gasteiger partial charge in [-0.2, -0.15) is 4.31 Å². The molecule has 0 amide bonds. The molecule has 0 atom stereocenters. The molecule has 0 saturated carbocycles. The number of hydrogen-bond acceptors (Lipinski definition) is 9. The van der Waals surface area contributed by atoms with Crippen molar-refractivity contribution in [3.05, 3.63) is 78.6 Å². The normalized spacial score (nSPS) is 11.9. The van der Waals surface area contributed by atoms with Crippen LogP contribution in [0.4, 0.5) is 5.69 Å². The van der Waals surface area contributed by atoms with Gasteiger partial charge >= 0.3 is 5.97 Å². The third-order valence-corrected chi connectivity index (χ3v) is 9.03. The van der Waals surface area contributed by atoms with Gasteiger partial charge < -0.3 is 18.6 Å². The van der Waals surface area contributed by atoms with Crippen LogP contribution in [-0.2, 0) is 36.1 Å². The lowest BCUT2D eigenvalue weighted by Crippen LogP contribution is -2.36. The highest BCUT2D eigenvalue weighted by Crippen LogP contribution is 2.28. The van der Waals surface area contributed by atoms with Gasteiger partial charge in [0.2, 0.25) is 10.0 Å². The van der Waals surface area contributed by atoms with E-state index in [2.05, 4.69) is 4.72 Å². The Kier molecular flexibility index (Phi) is 8.67. The smallest absolute Gasteiger partial charge is 0.321 e. The fraction of sp³-hybridized carbons (Fsp3) is 0.222. The van der Waals surface area contributed by atoms with Crippen LogP contribution in [0.1, 0.15) is 12.7 Å². The highest BCUT2D eigenvalue weighted by molar-refractivity contribution is 7.92. The first-order valence-electron chi connectivity index (χ1n) is 12.0. The third kappa shape index (κ3) is 6.55. The number of benzene rings is 3. The number of sulfonamides is 2. The first-order valence-corrected chi connectivity index (χ1v) is 15.0. The molecule has 11 nitrogen and oxygen atoms in total. The van der Waals surface area contributed by atoms with Crippen LogP contribution >= 0.6 is 0 Å². The molecule has 0 fully saturated rings. The Labute approximate surface area is 232 Å². The van der Waals surface area contributed by atoms with Gasteiger partial charge in [-0.15, -0.1) is 0 Å². The van der Waals surface area contributed by atoms with Crippen LogP contribution in [0.25, 0.3) is 11.0 Å². The maximum atomic E-state index is 13.4. The minimum Gasteiger partial charge on any atom is -0.497 e. The standard InChI is InChI=1S/C27H28N2O9S2/c1-4-37-27(30)18-29(40(33,34)25-12-8-22(36-3)9-13-25)17-23-16-19-15-20(5-14-26(19)38-23)28-39(31,32)24-10-6-21(35-2)7-11-24/h5-16,28H,4,17-18H2,1-3H3. The predicted octanol–water partition coefficient (Wildman–Crippen LogP) is 4.00. The molecule has 4 aromatic rings. The van der Waals surface area contributed by atoms with Gasteiger partial charge in [0.15, 0.2) is 0 Å². The molecule has 13 heteroatoms. The molecule has 0 saturated heterocycles. The second-order valence-electron chi connectivity index (χ2n) is 8.50. The molecule has 4 rings (SSSR count). The molecule has 1 aromatic heterocycles. The summed E-state index contributed by atoms with van der Waals surface area (Å²) >= 11 is 0. The van der Waals surface area contributed by atoms with Crippen molar-refractivity contribution in [2.45, 2.75) is 23.3 Å². The first-order chi connectivity index (χ1) is 19.0. The predicted molar refractivity (Wildman–Crippen MR) is 147 cm³/mol. The number of nitrogens with one attached hydrogen (secondary N) is 1. The summed E-state index contributed by atoms with van der Waals surface area (Å²) in [7, 11) is -5.05. The Hall–Kier alpha value is -4.07. The maximum Gasteiger partial charge on any atom is 0.321 e. The van der Waals surface area contributed by atoms with Gasteiger partial charge in [0, 0.05) is 11.1 Å². The Morgan fingerprint density at radius 3 is 2.02 bits per heavy atom. The number of hydrogen-bond donors (Lipinski definition) is 1. The summed E-state index contributed by atoms with van der Waals surface area (Å²) in [6, 6.07) is 18.0. The molecule has 3 aromatic carbocycles. The quantitative estimate of drug-likeness (QED) is 0.243. The molecule has 1 heterocycles. The zero-order chi connectivity index (χ0) is 28.9. The summed E-state index contributed by atoms with van der Waals surface area (Å²) < 4.78 is 77.0. The number of furan rings is 1. The van der Waals surface area contributed by atoms with E-state index in [1.807, 2.05) is 0 Å². The molecule has 40 heavy (non-hydrogen) atoms. The van der Waals surface area contributed by atoms with E-state index in [0.717, 1.165) is 4.31 Å². The Balaban J connectivity index is 1.60. The first kappa shape index (κ1) is 28.9. The monoisotopic (exact) mass is 588 g/mol. The summed E-state index contributed by atoms with van der Waals surface area (Å²) in [4.78, 5) is 12.3. The number of carbonyl (C=O) groups is 1. The zero-order valence-electron chi connectivity index (χ0n) is 22.0. The molecule has 0 unspecified atom stereocenters. The number of esters is 1. The Bertz CT molecular complexity index is 1700. The van der Waals surface area contributed by atoms with Crippen LogP contribution in [-0.4, -0.2) is 54.5 Å². The second kappa shape index (κ2) is 12.0. The van der Waals surface area contributed by atoms with Crippen LogP contribution in [0, 0.1) is 0 Å². The summed E-state index contributed by atoms with van der Waals surface area (Å²) in [6.07, 6.45) is 0. The molecule has 0 aliphatic rings. The summed E-state index contributed by atoms with van der Waals surface area (Å²) in [5, 5.41) is 0.530. The van der Waals surface area contributed by atoms with E-state index in [0.29, 0.717) is 22.5 Å². The van der Waals surface area contributed by atoms with E-state index in [1.54, 1.807) is 37.3 Å². The van der Waals surface area contributed by atoms with Gasteiger partial charge in [-0.05, 0) is 79.7 Å². The number of carbonyl (C=O) groups excluding carboxylic acids is 1. The average molecular weight is 589 g/mol. The van der Waals surface area contributed by atoms with Crippen molar-refractivity contribution in [1.82, 2.24) is 4.31 Å². The molecule has 212 valence electrons. The van der Waals surface area contributed by atoms with Crippen LogP contribution in [0.15, 0.2) is 87.0 Å². The molecule has 0 radical (unpaired) electrons. The number of nitrogens with zero attached hydrogens (tertiary/aromatic N) is 1. The van der Waals surface area contributed by atoms with Crippen molar-refractivity contribution in [1.29, 1.82) is 0 Å². The summed E-state index contributed by atoms with van der Waals surface area (Å²) in [5.41, 5.74) is 0.685. The number of methoxy groups -OCH3 is 2. The van der Waals surface area contributed by atoms with Crippen molar-refractivity contribution in [3.63, 3.8) is 0 Å². The van der Waals surface area contributed by atoms with E-state index in [9.17, 15) is 21.6 Å². The highest BCUT2D eigenvalue weighted by Gasteiger charge is 2.29. The number of fused-ring (bicyclic) bond motifs is 1. The molecule has 1 N–H and O–H groups in total. The molecule has 0 aliphatic carbocycles. The van der Waals surface area contributed by atoms with Gasteiger partial charge in [0.05, 0.1) is 37.2 Å². The molecule has 0 bridgehead atoms.